The predicted molar refractivity (Wildman–Crippen MR) is 130 cm³/mol. The Hall–Kier alpha value is -1.34. The Balaban J connectivity index is 2.29. The van der Waals surface area contributed by atoms with Gasteiger partial charge in [-0.05, 0) is 44.2 Å². The summed E-state index contributed by atoms with van der Waals surface area (Å²) in [6.45, 7) is 9.66. The number of hydrogen-bond acceptors (Lipinski definition) is 6. The van der Waals surface area contributed by atoms with E-state index in [4.69, 9.17) is 17.3 Å². The highest BCUT2D eigenvalue weighted by Gasteiger charge is 2.43. The van der Waals surface area contributed by atoms with Crippen LogP contribution in [-0.4, -0.2) is 41.6 Å². The lowest BCUT2D eigenvalue weighted by Crippen LogP contribution is -2.50. The van der Waals surface area contributed by atoms with Crippen LogP contribution < -0.4 is 0 Å². The van der Waals surface area contributed by atoms with Crippen LogP contribution in [0.25, 0.3) is 0 Å². The molecule has 0 spiro atoms. The molecule has 1 aliphatic carbocycles. The van der Waals surface area contributed by atoms with Crippen molar-refractivity contribution in [3.8, 4) is 0 Å². The van der Waals surface area contributed by atoms with Crippen molar-refractivity contribution in [1.29, 1.82) is 0 Å². The van der Waals surface area contributed by atoms with Crippen molar-refractivity contribution in [2.45, 2.75) is 108 Å². The number of hydrogen-bond donors (Lipinski definition) is 0. The van der Waals surface area contributed by atoms with Crippen molar-refractivity contribution in [1.82, 2.24) is 4.98 Å². The molecule has 1 aliphatic rings. The van der Waals surface area contributed by atoms with Crippen LogP contribution in [0.4, 0.5) is 0 Å². The van der Waals surface area contributed by atoms with Crippen molar-refractivity contribution in [3.05, 3.63) is 24.0 Å². The van der Waals surface area contributed by atoms with Crippen LogP contribution in [0.15, 0.2) is 23.2 Å². The first kappa shape index (κ1) is 26.9. The summed E-state index contributed by atoms with van der Waals surface area (Å²) in [6, 6.07) is 4.15. The van der Waals surface area contributed by atoms with E-state index in [0.717, 1.165) is 5.69 Å². The fraction of sp³-hybridized carbons (Fsp3) is 0.720. The van der Waals surface area contributed by atoms with Crippen molar-refractivity contribution in [3.63, 3.8) is 0 Å². The molecule has 1 aromatic rings. The molecule has 2 atom stereocenters. The van der Waals surface area contributed by atoms with Gasteiger partial charge in [0.2, 0.25) is 5.79 Å². The van der Waals surface area contributed by atoms with Crippen LogP contribution in [0.5, 0.6) is 0 Å². The molecule has 0 aromatic carbocycles. The number of carbonyl (C=O) groups is 2. The molecule has 32 heavy (non-hydrogen) atoms. The van der Waals surface area contributed by atoms with Gasteiger partial charge in [-0.15, -0.1) is 11.8 Å². The monoisotopic (exact) mass is 459 g/mol. The second-order valence-electron chi connectivity index (χ2n) is 10.0. The first-order valence-electron chi connectivity index (χ1n) is 11.8. The van der Waals surface area contributed by atoms with E-state index in [2.05, 4.69) is 17.1 Å². The maximum Gasteiger partial charge on any atom is 0.295 e. The summed E-state index contributed by atoms with van der Waals surface area (Å²) >= 11 is 1.92. The molecular weight excluding hydrogens is 421 g/mol. The lowest BCUT2D eigenvalue weighted by Gasteiger charge is -2.42. The Morgan fingerprint density at radius 2 is 1.91 bits per heavy atom. The van der Waals surface area contributed by atoms with Crippen LogP contribution in [0.3, 0.4) is 0 Å². The molecule has 0 N–H and O–H groups in total. The summed E-state index contributed by atoms with van der Waals surface area (Å²) in [5.74, 6) is -1.51. The Morgan fingerprint density at radius 1 is 1.25 bits per heavy atom. The molecule has 0 aliphatic heterocycles. The van der Waals surface area contributed by atoms with Crippen LogP contribution in [0.2, 0.25) is 0 Å². The first-order chi connectivity index (χ1) is 15.0. The zero-order chi connectivity index (χ0) is 23.8. The van der Waals surface area contributed by atoms with Gasteiger partial charge < -0.3 is 14.3 Å². The standard InChI is InChI=1S/C25H38BNO4S/c1-18(2)14-22(23(26)29)25(5,31-24(3,4)30-17-28)16-19-15-21(12-13-27-19)32-20-10-8-6-7-9-11-20/h12-13,15,17-18,20,22H,6-11,14,16H2,1-5H3. The fourth-order valence-electron chi connectivity index (χ4n) is 4.61. The molecule has 2 rings (SSSR count). The molecule has 0 amide bonds. The first-order valence-corrected chi connectivity index (χ1v) is 12.6. The Kier molecular flexibility index (Phi) is 10.3. The summed E-state index contributed by atoms with van der Waals surface area (Å²) < 4.78 is 11.5. The number of ether oxygens (including phenoxy) is 2. The SMILES string of the molecule is [B]C(=O)C(CC(C)C)C(C)(Cc1cc(SC2CCCCCC2)ccn1)OC(C)(C)OC=O. The normalized spacial score (nSPS) is 18.6. The van der Waals surface area contributed by atoms with Gasteiger partial charge in [-0.2, -0.15) is 0 Å². The quantitative estimate of drug-likeness (QED) is 0.178. The average Bonchev–Trinajstić information content (AvgIpc) is 2.94. The molecule has 2 radical (unpaired) electrons. The third-order valence-corrected chi connectivity index (χ3v) is 7.35. The molecule has 0 saturated heterocycles. The average molecular weight is 459 g/mol. The summed E-state index contributed by atoms with van der Waals surface area (Å²) in [4.78, 5) is 29.2. The largest absolute Gasteiger partial charge is 0.436 e. The summed E-state index contributed by atoms with van der Waals surface area (Å²) in [7, 11) is 5.83. The maximum atomic E-state index is 12.5. The van der Waals surface area contributed by atoms with Crippen LogP contribution in [-0.2, 0) is 25.5 Å². The van der Waals surface area contributed by atoms with Gasteiger partial charge in [0, 0.05) is 48.2 Å². The van der Waals surface area contributed by atoms with E-state index in [9.17, 15) is 9.59 Å². The van der Waals surface area contributed by atoms with E-state index in [1.165, 1.54) is 43.4 Å². The van der Waals surface area contributed by atoms with Crippen molar-refractivity contribution >= 4 is 31.8 Å². The van der Waals surface area contributed by atoms with E-state index in [0.29, 0.717) is 24.6 Å². The lowest BCUT2D eigenvalue weighted by atomic mass is 9.71. The zero-order valence-corrected chi connectivity index (χ0v) is 21.1. The second-order valence-corrected chi connectivity index (χ2v) is 11.4. The molecule has 1 heterocycles. The van der Waals surface area contributed by atoms with Gasteiger partial charge >= 0.3 is 0 Å². The molecule has 5 nitrogen and oxygen atoms in total. The number of rotatable bonds is 12. The van der Waals surface area contributed by atoms with Crippen molar-refractivity contribution in [2.24, 2.45) is 11.8 Å². The van der Waals surface area contributed by atoms with Gasteiger partial charge in [-0.3, -0.25) is 9.78 Å². The minimum atomic E-state index is -1.20. The molecular formula is C25H38BNO4S. The minimum Gasteiger partial charge on any atom is -0.436 e. The summed E-state index contributed by atoms with van der Waals surface area (Å²) in [5, 5.41) is 0.634. The van der Waals surface area contributed by atoms with E-state index in [1.54, 1.807) is 13.8 Å². The molecule has 1 fully saturated rings. The number of nitrogens with zero attached hydrogens (tertiary/aromatic N) is 1. The molecule has 1 aromatic heterocycles. The minimum absolute atomic E-state index is 0.246. The van der Waals surface area contributed by atoms with Gasteiger partial charge in [0.1, 0.15) is 0 Å². The molecule has 1 saturated carbocycles. The van der Waals surface area contributed by atoms with Gasteiger partial charge in [-0.25, -0.2) is 0 Å². The van der Waals surface area contributed by atoms with Gasteiger partial charge in [-0.1, -0.05) is 39.5 Å². The smallest absolute Gasteiger partial charge is 0.295 e. The Bertz CT molecular complexity index is 749. The zero-order valence-electron chi connectivity index (χ0n) is 20.3. The Morgan fingerprint density at radius 3 is 2.47 bits per heavy atom. The van der Waals surface area contributed by atoms with Gasteiger partial charge in [0.25, 0.3) is 6.47 Å². The predicted octanol–water partition coefficient (Wildman–Crippen LogP) is 5.48. The molecule has 0 bridgehead atoms. The van der Waals surface area contributed by atoms with E-state index >= 15 is 0 Å². The van der Waals surface area contributed by atoms with Crippen molar-refractivity contribution < 1.29 is 19.1 Å². The summed E-state index contributed by atoms with van der Waals surface area (Å²) in [6.07, 6.45) is 10.5. The molecule has 2 unspecified atom stereocenters. The van der Waals surface area contributed by atoms with Crippen molar-refractivity contribution in [2.75, 3.05) is 0 Å². The number of aromatic nitrogens is 1. The number of thioether (sulfide) groups is 1. The third kappa shape index (κ3) is 8.55. The second kappa shape index (κ2) is 12.2. The summed E-state index contributed by atoms with van der Waals surface area (Å²) in [5.41, 5.74) is -0.573. The molecule has 7 heteroatoms. The van der Waals surface area contributed by atoms with Crippen LogP contribution >= 0.6 is 11.8 Å². The maximum absolute atomic E-state index is 12.5. The van der Waals surface area contributed by atoms with E-state index in [-0.39, 0.29) is 5.92 Å². The molecule has 176 valence electrons. The number of pyridine rings is 1. The highest BCUT2D eigenvalue weighted by molar-refractivity contribution is 8.00. The van der Waals surface area contributed by atoms with Crippen LogP contribution in [0.1, 0.15) is 85.3 Å². The van der Waals surface area contributed by atoms with E-state index < -0.39 is 23.0 Å². The van der Waals surface area contributed by atoms with E-state index in [1.807, 2.05) is 38.7 Å². The topological polar surface area (TPSA) is 65.5 Å². The third-order valence-electron chi connectivity index (χ3n) is 6.02. The van der Waals surface area contributed by atoms with Gasteiger partial charge in [0.15, 0.2) is 7.85 Å². The Labute approximate surface area is 199 Å². The number of carbonyl (C=O) groups excluding carboxylic acids is 2. The fourth-order valence-corrected chi connectivity index (χ4v) is 5.90. The van der Waals surface area contributed by atoms with Gasteiger partial charge in [0.05, 0.1) is 11.3 Å². The highest BCUT2D eigenvalue weighted by Crippen LogP contribution is 2.37. The lowest BCUT2D eigenvalue weighted by molar-refractivity contribution is -0.259. The van der Waals surface area contributed by atoms with Crippen LogP contribution in [0, 0.1) is 11.8 Å². The highest BCUT2D eigenvalue weighted by atomic mass is 32.2.